The molecule has 3 fully saturated rings. The van der Waals surface area contributed by atoms with Gasteiger partial charge in [-0.05, 0) is 74.3 Å². The van der Waals surface area contributed by atoms with Crippen molar-refractivity contribution in [1.82, 2.24) is 9.80 Å². The van der Waals surface area contributed by atoms with Gasteiger partial charge in [0, 0.05) is 36.8 Å². The number of hydrogen-bond acceptors (Lipinski definition) is 6. The molecule has 6 atom stereocenters. The van der Waals surface area contributed by atoms with E-state index in [1.165, 1.54) is 18.4 Å². The minimum absolute atomic E-state index is 0.0129. The molecule has 3 aliphatic carbocycles. The molecule has 1 aromatic carbocycles. The van der Waals surface area contributed by atoms with Crippen molar-refractivity contribution < 1.29 is 24.2 Å². The third-order valence-electron chi connectivity index (χ3n) is 10.3. The third-order valence-corrected chi connectivity index (χ3v) is 10.3. The Morgan fingerprint density at radius 3 is 2.86 bits per heavy atom. The number of aliphatic hydroxyl groups is 1. The van der Waals surface area contributed by atoms with E-state index in [4.69, 9.17) is 9.15 Å². The second kappa shape index (κ2) is 8.11. The largest absolute Gasteiger partial charge is 0.504 e. The molecule has 3 heterocycles. The van der Waals surface area contributed by atoms with Crippen LogP contribution in [-0.4, -0.2) is 69.8 Å². The molecule has 1 amide bonds. The van der Waals surface area contributed by atoms with Gasteiger partial charge in [0.1, 0.15) is 6.10 Å². The highest BCUT2D eigenvalue weighted by molar-refractivity contribution is 5.92. The number of likely N-dealkylation sites (N-methyl/N-ethyl adjacent to an activating group) is 1. The number of likely N-dealkylation sites (tertiary alicyclic amines) is 1. The van der Waals surface area contributed by atoms with E-state index in [1.54, 1.807) is 35.6 Å². The topological polar surface area (TPSA) is 86.4 Å². The third kappa shape index (κ3) is 3.10. The van der Waals surface area contributed by atoms with Gasteiger partial charge in [-0.3, -0.25) is 9.69 Å². The number of piperidine rings is 1. The fourth-order valence-electron chi connectivity index (χ4n) is 8.35. The number of phenolic OH excluding ortho intramolecular Hbond substituents is 1. The Hall–Kier alpha value is -2.77. The summed E-state index contributed by atoms with van der Waals surface area (Å²) in [4.78, 5) is 17.7. The number of ether oxygens (including phenoxy) is 1. The summed E-state index contributed by atoms with van der Waals surface area (Å²) in [6.07, 6.45) is 11.7. The first-order valence-corrected chi connectivity index (χ1v) is 13.8. The number of carbonyl (C=O) groups excluding carboxylic acids is 1. The van der Waals surface area contributed by atoms with Crippen LogP contribution < -0.4 is 4.74 Å². The van der Waals surface area contributed by atoms with Crippen molar-refractivity contribution in [2.75, 3.05) is 20.1 Å². The van der Waals surface area contributed by atoms with Gasteiger partial charge in [0.15, 0.2) is 11.5 Å². The van der Waals surface area contributed by atoms with Gasteiger partial charge in [0.25, 0.3) is 0 Å². The zero-order valence-corrected chi connectivity index (χ0v) is 21.6. The number of carbonyl (C=O) groups is 1. The SMILES string of the molecule is CCC1CC(N(C)C(=O)/C=C/c2ccoc2)C2Oc3c(O)ccc4c3[C@@]23CCN(CC2CC2)[C@H](C4)[C@]13O. The smallest absolute Gasteiger partial charge is 0.246 e. The minimum Gasteiger partial charge on any atom is -0.504 e. The molecule has 2 N–H and O–H groups in total. The lowest BCUT2D eigenvalue weighted by Gasteiger charge is -2.67. The molecular weight excluding hydrogens is 468 g/mol. The lowest BCUT2D eigenvalue weighted by Crippen LogP contribution is -2.81. The van der Waals surface area contributed by atoms with Gasteiger partial charge in [-0.2, -0.15) is 0 Å². The summed E-state index contributed by atoms with van der Waals surface area (Å²) in [6, 6.07) is 5.38. The Morgan fingerprint density at radius 1 is 1.30 bits per heavy atom. The number of benzene rings is 1. The lowest BCUT2D eigenvalue weighted by molar-refractivity contribution is -0.228. The molecule has 1 saturated heterocycles. The van der Waals surface area contributed by atoms with E-state index in [2.05, 4.69) is 11.8 Å². The molecule has 2 aromatic rings. The summed E-state index contributed by atoms with van der Waals surface area (Å²) in [6.45, 7) is 4.11. The van der Waals surface area contributed by atoms with E-state index in [-0.39, 0.29) is 29.7 Å². The molecule has 7 rings (SSSR count). The maximum absolute atomic E-state index is 13.4. The summed E-state index contributed by atoms with van der Waals surface area (Å²) in [5, 5.41) is 23.9. The van der Waals surface area contributed by atoms with Crippen LogP contribution in [0.3, 0.4) is 0 Å². The lowest BCUT2D eigenvalue weighted by atomic mass is 9.45. The average molecular weight is 505 g/mol. The minimum atomic E-state index is -0.974. The molecule has 1 spiro atoms. The van der Waals surface area contributed by atoms with Gasteiger partial charge in [0.2, 0.25) is 5.91 Å². The molecule has 3 unspecified atom stereocenters. The predicted molar refractivity (Wildman–Crippen MR) is 138 cm³/mol. The van der Waals surface area contributed by atoms with Crippen molar-refractivity contribution >= 4 is 12.0 Å². The standard InChI is InChI=1S/C30H36N2O5/c1-3-21-15-22(31(2)25(34)9-6-19-10-13-36-17-19)28-29-11-12-32(16-18-4-5-18)24(30(21,29)35)14-20-7-8-23(33)27(37-28)26(20)29/h6-10,13,17-18,21-22,24,28,33,35H,3-5,11-12,14-16H2,1-2H3/b9-6+/t21?,22?,24-,28?,29+,30-/m1/s1. The second-order valence-corrected chi connectivity index (χ2v) is 11.9. The maximum atomic E-state index is 13.4. The Bertz CT molecular complexity index is 1250. The molecule has 37 heavy (non-hydrogen) atoms. The molecule has 2 saturated carbocycles. The van der Waals surface area contributed by atoms with Gasteiger partial charge in [-0.1, -0.05) is 19.4 Å². The highest BCUT2D eigenvalue weighted by Crippen LogP contribution is 2.67. The zero-order valence-electron chi connectivity index (χ0n) is 21.6. The van der Waals surface area contributed by atoms with E-state index < -0.39 is 17.1 Å². The quantitative estimate of drug-likeness (QED) is 0.583. The molecule has 5 aliphatic rings. The maximum Gasteiger partial charge on any atom is 0.246 e. The monoisotopic (exact) mass is 504 g/mol. The molecule has 1 aromatic heterocycles. The van der Waals surface area contributed by atoms with E-state index in [9.17, 15) is 15.0 Å². The molecule has 2 aliphatic heterocycles. The zero-order chi connectivity index (χ0) is 25.5. The number of furan rings is 1. The van der Waals surface area contributed by atoms with E-state index in [0.717, 1.165) is 49.4 Å². The summed E-state index contributed by atoms with van der Waals surface area (Å²) in [7, 11) is 1.84. The van der Waals surface area contributed by atoms with Crippen molar-refractivity contribution in [3.05, 3.63) is 53.5 Å². The summed E-state index contributed by atoms with van der Waals surface area (Å²) >= 11 is 0. The first kappa shape index (κ1) is 23.4. The first-order valence-electron chi connectivity index (χ1n) is 13.8. The van der Waals surface area contributed by atoms with Crippen molar-refractivity contribution in [2.45, 2.75) is 74.7 Å². The van der Waals surface area contributed by atoms with Crippen LogP contribution in [-0.2, 0) is 16.6 Å². The second-order valence-electron chi connectivity index (χ2n) is 11.9. The van der Waals surface area contributed by atoms with Crippen molar-refractivity contribution in [1.29, 1.82) is 0 Å². The Labute approximate surface area is 217 Å². The van der Waals surface area contributed by atoms with Crippen LogP contribution in [0.4, 0.5) is 0 Å². The van der Waals surface area contributed by atoms with E-state index in [0.29, 0.717) is 12.2 Å². The van der Waals surface area contributed by atoms with Crippen molar-refractivity contribution in [3.8, 4) is 11.5 Å². The van der Waals surface area contributed by atoms with Crippen molar-refractivity contribution in [3.63, 3.8) is 0 Å². The number of nitrogens with zero attached hydrogens (tertiary/aromatic N) is 2. The van der Waals surface area contributed by atoms with Crippen molar-refractivity contribution in [2.24, 2.45) is 11.8 Å². The number of phenols is 1. The van der Waals surface area contributed by atoms with Crippen LogP contribution in [0, 0.1) is 11.8 Å². The molecule has 7 nitrogen and oxygen atoms in total. The van der Waals surface area contributed by atoms with E-state index >= 15 is 0 Å². The molecule has 0 radical (unpaired) electrons. The summed E-state index contributed by atoms with van der Waals surface area (Å²) in [5.41, 5.74) is 1.39. The van der Waals surface area contributed by atoms with Crippen LogP contribution in [0.5, 0.6) is 11.5 Å². The van der Waals surface area contributed by atoms with Gasteiger partial charge >= 0.3 is 0 Å². The Kier molecular flexibility index (Phi) is 5.12. The van der Waals surface area contributed by atoms with Crippen LogP contribution in [0.15, 0.2) is 41.2 Å². The Morgan fingerprint density at radius 2 is 2.14 bits per heavy atom. The molecule has 196 valence electrons. The van der Waals surface area contributed by atoms with Crippen LogP contribution in [0.2, 0.25) is 0 Å². The summed E-state index contributed by atoms with van der Waals surface area (Å²) < 4.78 is 11.8. The number of rotatable bonds is 6. The Balaban J connectivity index is 1.32. The highest BCUT2D eigenvalue weighted by Gasteiger charge is 2.75. The number of aromatic hydroxyl groups is 1. The van der Waals surface area contributed by atoms with E-state index in [1.807, 2.05) is 19.2 Å². The molecular formula is C30H36N2O5. The molecule has 2 bridgehead atoms. The normalized spacial score (nSPS) is 35.9. The van der Waals surface area contributed by atoms with Gasteiger partial charge in [-0.25, -0.2) is 0 Å². The fraction of sp³-hybridized carbons (Fsp3) is 0.567. The van der Waals surface area contributed by atoms with Crippen LogP contribution in [0.25, 0.3) is 6.08 Å². The van der Waals surface area contributed by atoms with Crippen LogP contribution in [0.1, 0.15) is 55.7 Å². The fourth-order valence-corrected chi connectivity index (χ4v) is 8.35. The molecule has 7 heteroatoms. The number of amides is 1. The van der Waals surface area contributed by atoms with Crippen LogP contribution >= 0.6 is 0 Å². The summed E-state index contributed by atoms with van der Waals surface area (Å²) in [5.74, 6) is 1.30. The highest BCUT2D eigenvalue weighted by atomic mass is 16.5. The number of hydrogen-bond donors (Lipinski definition) is 2. The predicted octanol–water partition coefficient (Wildman–Crippen LogP) is 3.73. The van der Waals surface area contributed by atoms with Gasteiger partial charge in [-0.15, -0.1) is 0 Å². The average Bonchev–Trinajstić information content (AvgIpc) is 3.41. The first-order chi connectivity index (χ1) is 17.9. The van der Waals surface area contributed by atoms with Gasteiger partial charge in [0.05, 0.1) is 29.6 Å². The van der Waals surface area contributed by atoms with Gasteiger partial charge < -0.3 is 24.3 Å².